The molecule has 2 aromatic rings. The molecule has 0 aliphatic heterocycles. The van der Waals surface area contributed by atoms with Crippen LogP contribution in [0, 0.1) is 11.6 Å². The molecule has 0 amide bonds. The Kier molecular flexibility index (Phi) is 3.88. The summed E-state index contributed by atoms with van der Waals surface area (Å²) < 4.78 is 32.3. The van der Waals surface area contributed by atoms with Gasteiger partial charge in [-0.3, -0.25) is 0 Å². The molecule has 0 saturated heterocycles. The first-order valence-electron chi connectivity index (χ1n) is 7.08. The van der Waals surface area contributed by atoms with E-state index in [1.807, 2.05) is 24.3 Å². The van der Waals surface area contributed by atoms with E-state index in [4.69, 9.17) is 10.5 Å². The van der Waals surface area contributed by atoms with Crippen LogP contribution in [0.1, 0.15) is 30.0 Å². The van der Waals surface area contributed by atoms with E-state index in [0.717, 1.165) is 30.2 Å². The van der Waals surface area contributed by atoms with E-state index in [1.165, 1.54) is 12.1 Å². The molecule has 2 nitrogen and oxygen atoms in total. The highest BCUT2D eigenvalue weighted by atomic mass is 19.1. The molecular weight excluding hydrogens is 272 g/mol. The number of rotatable bonds is 5. The molecule has 3 rings (SSSR count). The molecule has 0 heterocycles. The number of ether oxygens (including phenoxy) is 1. The minimum atomic E-state index is -0.579. The van der Waals surface area contributed by atoms with Crippen molar-refractivity contribution in [1.82, 2.24) is 0 Å². The smallest absolute Gasteiger partial charge is 0.129 e. The Labute approximate surface area is 122 Å². The van der Waals surface area contributed by atoms with Crippen molar-refractivity contribution in [2.24, 2.45) is 5.73 Å². The van der Waals surface area contributed by atoms with Crippen LogP contribution in [0.3, 0.4) is 0 Å². The van der Waals surface area contributed by atoms with Crippen LogP contribution in [-0.2, 0) is 6.42 Å². The zero-order valence-electron chi connectivity index (χ0n) is 11.6. The first kappa shape index (κ1) is 14.0. The van der Waals surface area contributed by atoms with Gasteiger partial charge in [-0.05, 0) is 48.6 Å². The summed E-state index contributed by atoms with van der Waals surface area (Å²) in [5, 5.41) is 0. The molecule has 0 radical (unpaired) electrons. The zero-order valence-corrected chi connectivity index (χ0v) is 11.6. The van der Waals surface area contributed by atoms with Crippen LogP contribution in [0.2, 0.25) is 0 Å². The van der Waals surface area contributed by atoms with E-state index in [9.17, 15) is 8.78 Å². The number of hydrogen-bond donors (Lipinski definition) is 1. The first-order chi connectivity index (χ1) is 10.1. The molecule has 2 N–H and O–H groups in total. The largest absolute Gasteiger partial charge is 0.490 e. The predicted molar refractivity (Wildman–Crippen MR) is 77.1 cm³/mol. The summed E-state index contributed by atoms with van der Waals surface area (Å²) in [7, 11) is 0. The maximum Gasteiger partial charge on any atom is 0.129 e. The molecule has 110 valence electrons. The minimum absolute atomic E-state index is 0.318. The van der Waals surface area contributed by atoms with Gasteiger partial charge in [0.15, 0.2) is 0 Å². The minimum Gasteiger partial charge on any atom is -0.490 e. The normalized spacial score (nSPS) is 15.8. The van der Waals surface area contributed by atoms with Crippen molar-refractivity contribution in [3.63, 3.8) is 0 Å². The van der Waals surface area contributed by atoms with Gasteiger partial charge in [-0.25, -0.2) is 8.78 Å². The summed E-state index contributed by atoms with van der Waals surface area (Å²) in [4.78, 5) is 0. The van der Waals surface area contributed by atoms with Gasteiger partial charge in [0, 0.05) is 12.1 Å². The summed E-state index contributed by atoms with van der Waals surface area (Å²) in [6.07, 6.45) is 2.83. The summed E-state index contributed by atoms with van der Waals surface area (Å²) in [5.74, 6) is -0.342. The van der Waals surface area contributed by atoms with Crippen molar-refractivity contribution < 1.29 is 13.5 Å². The van der Waals surface area contributed by atoms with Crippen LogP contribution in [0.5, 0.6) is 5.75 Å². The van der Waals surface area contributed by atoms with Gasteiger partial charge in [0.25, 0.3) is 0 Å². The first-order valence-corrected chi connectivity index (χ1v) is 7.08. The highest BCUT2D eigenvalue weighted by molar-refractivity contribution is 5.32. The fraction of sp³-hybridized carbons (Fsp3) is 0.294. The average molecular weight is 289 g/mol. The summed E-state index contributed by atoms with van der Waals surface area (Å²) in [6.45, 7) is 0. The fourth-order valence-corrected chi connectivity index (χ4v) is 2.24. The van der Waals surface area contributed by atoms with E-state index in [-0.39, 0.29) is 6.04 Å². The third-order valence-corrected chi connectivity index (χ3v) is 3.57. The van der Waals surface area contributed by atoms with E-state index >= 15 is 0 Å². The second-order valence-electron chi connectivity index (χ2n) is 5.44. The van der Waals surface area contributed by atoms with Gasteiger partial charge in [0.05, 0.1) is 6.10 Å². The Hall–Kier alpha value is -1.94. The third kappa shape index (κ3) is 3.58. The Balaban J connectivity index is 1.73. The molecule has 4 heteroatoms. The molecule has 0 spiro atoms. The van der Waals surface area contributed by atoms with Crippen molar-refractivity contribution in [2.45, 2.75) is 31.4 Å². The van der Waals surface area contributed by atoms with E-state index < -0.39 is 11.6 Å². The number of hydrogen-bond acceptors (Lipinski definition) is 2. The maximum absolute atomic E-state index is 13.7. The van der Waals surface area contributed by atoms with Crippen molar-refractivity contribution in [1.29, 1.82) is 0 Å². The second-order valence-corrected chi connectivity index (χ2v) is 5.44. The number of nitrogens with two attached hydrogens (primary N) is 1. The average Bonchev–Trinajstić information content (AvgIpc) is 3.26. The lowest BCUT2D eigenvalue weighted by molar-refractivity contribution is 0.302. The van der Waals surface area contributed by atoms with Gasteiger partial charge >= 0.3 is 0 Å². The lowest BCUT2D eigenvalue weighted by Gasteiger charge is -2.14. The zero-order chi connectivity index (χ0) is 14.8. The maximum atomic E-state index is 13.7. The monoisotopic (exact) mass is 289 g/mol. The Morgan fingerprint density at radius 3 is 2.67 bits per heavy atom. The summed E-state index contributed by atoms with van der Waals surface area (Å²) in [5.41, 5.74) is 7.43. The van der Waals surface area contributed by atoms with Gasteiger partial charge < -0.3 is 10.5 Å². The molecule has 0 bridgehead atoms. The predicted octanol–water partition coefficient (Wildman–Crippen LogP) is 3.75. The third-order valence-electron chi connectivity index (χ3n) is 3.57. The molecule has 1 atom stereocenters. The lowest BCUT2D eigenvalue weighted by Crippen LogP contribution is -2.14. The standard InChI is InChI=1S/C17H17F2NO/c18-13-5-4-11(16(19)10-13)9-17(20)12-2-1-3-15(8-12)21-14-6-7-14/h1-5,8,10,14,17H,6-7,9,20H2. The lowest BCUT2D eigenvalue weighted by atomic mass is 9.99. The molecule has 0 aromatic heterocycles. The van der Waals surface area contributed by atoms with Crippen molar-refractivity contribution in [3.05, 3.63) is 65.2 Å². The van der Waals surface area contributed by atoms with Crippen LogP contribution >= 0.6 is 0 Å². The molecule has 1 aliphatic rings. The molecule has 1 fully saturated rings. The summed E-state index contributed by atoms with van der Waals surface area (Å²) in [6, 6.07) is 10.8. The number of benzene rings is 2. The molecule has 2 aromatic carbocycles. The molecular formula is C17H17F2NO. The Morgan fingerprint density at radius 2 is 1.95 bits per heavy atom. The van der Waals surface area contributed by atoms with Crippen LogP contribution in [0.4, 0.5) is 8.78 Å². The van der Waals surface area contributed by atoms with Crippen molar-refractivity contribution >= 4 is 0 Å². The highest BCUT2D eigenvalue weighted by Gasteiger charge is 2.23. The molecule has 1 saturated carbocycles. The SMILES string of the molecule is NC(Cc1ccc(F)cc1F)c1cccc(OC2CC2)c1. The van der Waals surface area contributed by atoms with Crippen molar-refractivity contribution in [2.75, 3.05) is 0 Å². The van der Waals surface area contributed by atoms with Gasteiger partial charge in [-0.2, -0.15) is 0 Å². The fourth-order valence-electron chi connectivity index (χ4n) is 2.24. The molecule has 21 heavy (non-hydrogen) atoms. The number of halogens is 2. The topological polar surface area (TPSA) is 35.2 Å². The van der Waals surface area contributed by atoms with Crippen molar-refractivity contribution in [3.8, 4) is 5.75 Å². The van der Waals surface area contributed by atoms with E-state index in [1.54, 1.807) is 0 Å². The van der Waals surface area contributed by atoms with Crippen LogP contribution in [0.25, 0.3) is 0 Å². The van der Waals surface area contributed by atoms with Gasteiger partial charge in [-0.1, -0.05) is 18.2 Å². The van der Waals surface area contributed by atoms with Crippen LogP contribution < -0.4 is 10.5 Å². The van der Waals surface area contributed by atoms with Gasteiger partial charge in [0.2, 0.25) is 0 Å². The highest BCUT2D eigenvalue weighted by Crippen LogP contribution is 2.28. The van der Waals surface area contributed by atoms with E-state index in [2.05, 4.69) is 0 Å². The Bertz CT molecular complexity index is 640. The summed E-state index contributed by atoms with van der Waals surface area (Å²) >= 11 is 0. The Morgan fingerprint density at radius 1 is 1.14 bits per heavy atom. The van der Waals surface area contributed by atoms with Gasteiger partial charge in [0.1, 0.15) is 17.4 Å². The van der Waals surface area contributed by atoms with Crippen LogP contribution in [-0.4, -0.2) is 6.10 Å². The molecule has 1 unspecified atom stereocenters. The van der Waals surface area contributed by atoms with Crippen LogP contribution in [0.15, 0.2) is 42.5 Å². The molecule has 1 aliphatic carbocycles. The van der Waals surface area contributed by atoms with E-state index in [0.29, 0.717) is 18.1 Å². The second kappa shape index (κ2) is 5.82. The quantitative estimate of drug-likeness (QED) is 0.910. The van der Waals surface area contributed by atoms with Gasteiger partial charge in [-0.15, -0.1) is 0 Å².